The Labute approximate surface area is 358 Å². The molecule has 0 radical (unpaired) electrons. The van der Waals surface area contributed by atoms with Crippen molar-refractivity contribution in [3.05, 3.63) is 91.3 Å². The van der Waals surface area contributed by atoms with Crippen molar-refractivity contribution in [2.45, 2.75) is 94.6 Å². The zero-order chi connectivity index (χ0) is 44.4. The second-order valence-electron chi connectivity index (χ2n) is 18.2. The van der Waals surface area contributed by atoms with E-state index in [1.54, 1.807) is 54.6 Å². The van der Waals surface area contributed by atoms with Crippen LogP contribution in [-0.4, -0.2) is 111 Å². The van der Waals surface area contributed by atoms with Crippen molar-refractivity contribution in [1.29, 1.82) is 0 Å². The van der Waals surface area contributed by atoms with Crippen LogP contribution in [0.15, 0.2) is 85.6 Å². The molecular formula is C45H51F2N7O7S. The number of rotatable bonds is 12. The highest BCUT2D eigenvalue weighted by Gasteiger charge is 2.62. The molecule has 0 bridgehead atoms. The summed E-state index contributed by atoms with van der Waals surface area (Å²) in [5.74, 6) is -7.64. The van der Waals surface area contributed by atoms with Gasteiger partial charge in [-0.15, -0.1) is 6.58 Å². The van der Waals surface area contributed by atoms with Crippen molar-refractivity contribution >= 4 is 61.5 Å². The van der Waals surface area contributed by atoms with Gasteiger partial charge < -0.3 is 20.0 Å². The largest absolute Gasteiger partial charge is 0.339 e. The summed E-state index contributed by atoms with van der Waals surface area (Å²) in [6, 6.07) is 17.7. The van der Waals surface area contributed by atoms with Crippen molar-refractivity contribution < 1.29 is 41.2 Å². The van der Waals surface area contributed by atoms with Gasteiger partial charge in [-0.2, -0.15) is 0 Å². The number of carbonyl (C=O) groups excluding carboxylic acids is 5. The van der Waals surface area contributed by atoms with Gasteiger partial charge in [0.2, 0.25) is 27.7 Å². The highest BCUT2D eigenvalue weighted by Crippen LogP contribution is 2.46. The van der Waals surface area contributed by atoms with Crippen molar-refractivity contribution in [1.82, 2.24) is 34.3 Å². The number of halogens is 2. The molecule has 17 heteroatoms. The van der Waals surface area contributed by atoms with E-state index < -0.39 is 105 Å². The Morgan fingerprint density at radius 3 is 2.18 bits per heavy atom. The van der Waals surface area contributed by atoms with Crippen LogP contribution in [0.2, 0.25) is 0 Å². The monoisotopic (exact) mass is 871 g/mol. The lowest BCUT2D eigenvalue weighted by atomic mass is 9.77. The van der Waals surface area contributed by atoms with E-state index >= 15 is 9.59 Å². The first-order valence-corrected chi connectivity index (χ1v) is 22.5. The summed E-state index contributed by atoms with van der Waals surface area (Å²) in [7, 11) is -3.99. The summed E-state index contributed by atoms with van der Waals surface area (Å²) in [6.45, 7) is 7.94. The molecule has 5 amide bonds. The van der Waals surface area contributed by atoms with Crippen molar-refractivity contribution in [3.8, 4) is 0 Å². The van der Waals surface area contributed by atoms with Gasteiger partial charge in [0.05, 0.1) is 47.0 Å². The fourth-order valence-corrected chi connectivity index (χ4v) is 10.4. The molecule has 8 rings (SSSR count). The molecule has 2 aromatic heterocycles. The number of hydrogen-bond acceptors (Lipinski definition) is 8. The standard InChI is InChI=1S/C45H51F2N7O7S/c1-5-28-24-45(28,41(58)50-62(60,61)31-17-18-31)49-39(56)37-22-30(26-53(37)40(57)34(43(2,3)4)23-38(55)51-21-19-44(46,47)27-51)52(25-29-12-10-11-20-48-29)42(59)54-35-15-8-6-13-32(35)33-14-7-9-16-36(33)54/h5-16,20,28,30-31,34,37H,1,17-19,21-27H2,2-4H3,(H,49,56)(H,50,58)/t28?,30-,34-,37+,45-/m1/s1. The normalized spacial score (nSPS) is 23.9. The molecule has 62 heavy (non-hydrogen) atoms. The van der Waals surface area contributed by atoms with Gasteiger partial charge in [0.1, 0.15) is 11.6 Å². The number of amides is 5. The van der Waals surface area contributed by atoms with E-state index in [-0.39, 0.29) is 32.5 Å². The molecule has 2 N–H and O–H groups in total. The van der Waals surface area contributed by atoms with Gasteiger partial charge in [-0.3, -0.25) is 33.5 Å². The topological polar surface area (TPSA) is 171 Å². The van der Waals surface area contributed by atoms with Crippen molar-refractivity contribution in [3.63, 3.8) is 0 Å². The maximum absolute atomic E-state index is 15.2. The van der Waals surface area contributed by atoms with Crippen molar-refractivity contribution in [2.75, 3.05) is 19.6 Å². The predicted octanol–water partition coefficient (Wildman–Crippen LogP) is 5.22. The zero-order valence-corrected chi connectivity index (χ0v) is 35.7. The summed E-state index contributed by atoms with van der Waals surface area (Å²) in [5.41, 5.74) is -0.750. The highest BCUT2D eigenvalue weighted by molar-refractivity contribution is 7.91. The van der Waals surface area contributed by atoms with Crippen molar-refractivity contribution in [2.24, 2.45) is 17.3 Å². The Morgan fingerprint density at radius 2 is 1.63 bits per heavy atom. The Hall–Kier alpha value is -5.71. The van der Waals surface area contributed by atoms with E-state index in [1.165, 1.54) is 11.0 Å². The summed E-state index contributed by atoms with van der Waals surface area (Å²) in [4.78, 5) is 81.0. The zero-order valence-electron chi connectivity index (χ0n) is 34.9. The van der Waals surface area contributed by atoms with Gasteiger partial charge >= 0.3 is 6.03 Å². The maximum Gasteiger partial charge on any atom is 0.329 e. The van der Waals surface area contributed by atoms with Gasteiger partial charge in [-0.05, 0) is 55.4 Å². The van der Waals surface area contributed by atoms with Crippen LogP contribution in [-0.2, 0) is 35.7 Å². The minimum absolute atomic E-state index is 0.0180. The number of pyridine rings is 1. The Kier molecular flexibility index (Phi) is 11.0. The van der Waals surface area contributed by atoms with Crippen LogP contribution >= 0.6 is 0 Å². The van der Waals surface area contributed by atoms with Gasteiger partial charge in [0.15, 0.2) is 0 Å². The van der Waals surface area contributed by atoms with Gasteiger partial charge in [-0.25, -0.2) is 22.0 Å². The minimum Gasteiger partial charge on any atom is -0.339 e. The predicted molar refractivity (Wildman–Crippen MR) is 227 cm³/mol. The van der Waals surface area contributed by atoms with Gasteiger partial charge in [0, 0.05) is 48.8 Å². The first-order valence-electron chi connectivity index (χ1n) is 21.0. The Bertz CT molecular complexity index is 2520. The number of nitrogens with one attached hydrogen (secondary N) is 2. The summed E-state index contributed by atoms with van der Waals surface area (Å²) >= 11 is 0. The number of hydrogen-bond donors (Lipinski definition) is 2. The lowest BCUT2D eigenvalue weighted by Crippen LogP contribution is -2.57. The van der Waals surface area contributed by atoms with E-state index in [0.29, 0.717) is 29.6 Å². The molecule has 328 valence electrons. The fourth-order valence-electron chi connectivity index (χ4n) is 9.04. The molecule has 5 atom stereocenters. The average molecular weight is 872 g/mol. The van der Waals surface area contributed by atoms with Crippen LogP contribution in [0.1, 0.15) is 65.0 Å². The van der Waals surface area contributed by atoms with E-state index in [4.69, 9.17) is 0 Å². The fraction of sp³-hybridized carbons (Fsp3) is 0.467. The number of alkyl halides is 2. The number of sulfonamides is 1. The molecule has 2 saturated carbocycles. The maximum atomic E-state index is 15.2. The van der Waals surface area contributed by atoms with Gasteiger partial charge in [0.25, 0.3) is 11.8 Å². The molecule has 14 nitrogen and oxygen atoms in total. The van der Waals surface area contributed by atoms with Crippen LogP contribution in [0.25, 0.3) is 21.8 Å². The number of aromatic nitrogens is 2. The molecule has 2 aromatic carbocycles. The molecule has 2 saturated heterocycles. The van der Waals surface area contributed by atoms with Crippen LogP contribution in [0.3, 0.4) is 0 Å². The molecule has 4 fully saturated rings. The Balaban J connectivity index is 1.17. The summed E-state index contributed by atoms with van der Waals surface area (Å²) in [6.07, 6.45) is 2.95. The molecule has 4 heterocycles. The van der Waals surface area contributed by atoms with E-state index in [0.717, 1.165) is 15.7 Å². The van der Waals surface area contributed by atoms with Crippen LogP contribution in [0.5, 0.6) is 0 Å². The van der Waals surface area contributed by atoms with E-state index in [2.05, 4.69) is 21.6 Å². The molecule has 2 aliphatic heterocycles. The average Bonchev–Trinajstić information content (AvgIpc) is 4.10. The molecule has 4 aliphatic rings. The van der Waals surface area contributed by atoms with Gasteiger partial charge in [-0.1, -0.05) is 69.3 Å². The molecular weight excluding hydrogens is 821 g/mol. The number of nitrogens with zero attached hydrogens (tertiary/aromatic N) is 5. The molecule has 0 spiro atoms. The number of para-hydroxylation sites is 2. The SMILES string of the molecule is C=CC1C[C@]1(NC(=O)[C@@H]1C[C@@H](N(Cc2ccccn2)C(=O)n2c3ccccc3c3ccccc32)CN1C(=O)[C@@H](CC(=O)N1CCC(F)(F)C1)C(C)(C)C)C(=O)NS(=O)(=O)C1CC1. The summed E-state index contributed by atoms with van der Waals surface area (Å²) < 4.78 is 58.0. The van der Waals surface area contributed by atoms with Crippen LogP contribution in [0.4, 0.5) is 13.6 Å². The minimum atomic E-state index is -3.99. The lowest BCUT2D eigenvalue weighted by Gasteiger charge is -2.36. The quantitative estimate of drug-likeness (QED) is 0.183. The molecule has 2 aliphatic carbocycles. The second kappa shape index (κ2) is 15.9. The number of likely N-dealkylation sites (tertiary alicyclic amines) is 2. The first-order chi connectivity index (χ1) is 29.3. The number of carbonyl (C=O) groups is 5. The Morgan fingerprint density at radius 1 is 0.984 bits per heavy atom. The third-order valence-electron chi connectivity index (χ3n) is 12.9. The third-order valence-corrected chi connectivity index (χ3v) is 14.7. The second-order valence-corrected chi connectivity index (χ2v) is 20.2. The number of benzene rings is 2. The number of fused-ring (bicyclic) bond motifs is 3. The molecule has 4 aromatic rings. The first kappa shape index (κ1) is 43.0. The summed E-state index contributed by atoms with van der Waals surface area (Å²) in [5, 5.41) is 3.79. The lowest BCUT2D eigenvalue weighted by molar-refractivity contribution is -0.148. The van der Waals surface area contributed by atoms with E-state index in [1.807, 2.05) is 48.5 Å². The smallest absolute Gasteiger partial charge is 0.329 e. The van der Waals surface area contributed by atoms with E-state index in [9.17, 15) is 31.6 Å². The van der Waals surface area contributed by atoms with Crippen LogP contribution < -0.4 is 10.0 Å². The molecule has 1 unspecified atom stereocenters. The van der Waals surface area contributed by atoms with Crippen LogP contribution in [0, 0.1) is 17.3 Å². The highest BCUT2D eigenvalue weighted by atomic mass is 32.2. The third kappa shape index (κ3) is 8.18.